The molecule has 1 rings (SSSR count). The van der Waals surface area contributed by atoms with Crippen molar-refractivity contribution in [1.29, 1.82) is 0 Å². The van der Waals surface area contributed by atoms with E-state index in [1.54, 1.807) is 4.90 Å². The standard InChI is InChI=1S/C10H18N2O3/c1-6(2)12-5-7(3)11-8(10(12)15)4-9(13)14/h6-8,11H,4-5H2,1-3H3,(H,13,14). The van der Waals surface area contributed by atoms with Crippen LogP contribution in [-0.2, 0) is 9.59 Å². The fourth-order valence-corrected chi connectivity index (χ4v) is 1.84. The van der Waals surface area contributed by atoms with Gasteiger partial charge in [0.05, 0.1) is 12.5 Å². The van der Waals surface area contributed by atoms with Crippen molar-refractivity contribution in [3.63, 3.8) is 0 Å². The molecule has 2 unspecified atom stereocenters. The van der Waals surface area contributed by atoms with Gasteiger partial charge in [0.15, 0.2) is 0 Å². The number of amides is 1. The highest BCUT2D eigenvalue weighted by Gasteiger charge is 2.34. The van der Waals surface area contributed by atoms with Crippen molar-refractivity contribution >= 4 is 11.9 Å². The van der Waals surface area contributed by atoms with Crippen molar-refractivity contribution < 1.29 is 14.7 Å². The highest BCUT2D eigenvalue weighted by atomic mass is 16.4. The third-order valence-electron chi connectivity index (χ3n) is 2.54. The average Bonchev–Trinajstić information content (AvgIpc) is 2.09. The maximum Gasteiger partial charge on any atom is 0.305 e. The molecule has 1 aliphatic rings. The van der Waals surface area contributed by atoms with Crippen molar-refractivity contribution in [3.05, 3.63) is 0 Å². The number of carbonyl (C=O) groups excluding carboxylic acids is 1. The Morgan fingerprint density at radius 2 is 2.27 bits per heavy atom. The highest BCUT2D eigenvalue weighted by Crippen LogP contribution is 2.12. The van der Waals surface area contributed by atoms with E-state index >= 15 is 0 Å². The zero-order chi connectivity index (χ0) is 11.6. The van der Waals surface area contributed by atoms with Crippen molar-refractivity contribution in [3.8, 4) is 0 Å². The summed E-state index contributed by atoms with van der Waals surface area (Å²) in [5.41, 5.74) is 0. The van der Waals surface area contributed by atoms with Crippen LogP contribution in [0.3, 0.4) is 0 Å². The maximum atomic E-state index is 11.8. The second kappa shape index (κ2) is 4.61. The lowest BCUT2D eigenvalue weighted by atomic mass is 10.1. The first-order chi connectivity index (χ1) is 6.91. The van der Waals surface area contributed by atoms with Crippen LogP contribution in [0.4, 0.5) is 0 Å². The lowest BCUT2D eigenvalue weighted by Crippen LogP contribution is -2.61. The zero-order valence-corrected chi connectivity index (χ0v) is 9.36. The van der Waals surface area contributed by atoms with Crippen LogP contribution in [-0.4, -0.2) is 46.6 Å². The molecule has 0 radical (unpaired) electrons. The molecule has 5 nitrogen and oxygen atoms in total. The molecule has 1 amide bonds. The van der Waals surface area contributed by atoms with Gasteiger partial charge in [0, 0.05) is 18.6 Å². The number of piperazine rings is 1. The summed E-state index contributed by atoms with van der Waals surface area (Å²) in [6.45, 7) is 6.48. The van der Waals surface area contributed by atoms with Crippen LogP contribution in [0.2, 0.25) is 0 Å². The Morgan fingerprint density at radius 3 is 2.73 bits per heavy atom. The normalized spacial score (nSPS) is 27.2. The first-order valence-electron chi connectivity index (χ1n) is 5.20. The molecular weight excluding hydrogens is 196 g/mol. The molecule has 0 aromatic heterocycles. The monoisotopic (exact) mass is 214 g/mol. The van der Waals surface area contributed by atoms with E-state index in [9.17, 15) is 9.59 Å². The summed E-state index contributed by atoms with van der Waals surface area (Å²) in [5.74, 6) is -1.05. The number of carboxylic acids is 1. The number of aliphatic carboxylic acids is 1. The Hall–Kier alpha value is -1.10. The van der Waals surface area contributed by atoms with Gasteiger partial charge in [-0.3, -0.25) is 9.59 Å². The molecule has 0 spiro atoms. The predicted octanol–water partition coefficient (Wildman–Crippen LogP) is 0.0584. The smallest absolute Gasteiger partial charge is 0.305 e. The molecule has 1 aliphatic heterocycles. The molecule has 1 fully saturated rings. The Morgan fingerprint density at radius 1 is 1.67 bits per heavy atom. The van der Waals surface area contributed by atoms with Crippen LogP contribution in [0.1, 0.15) is 27.2 Å². The molecular formula is C10H18N2O3. The van der Waals surface area contributed by atoms with E-state index < -0.39 is 12.0 Å². The van der Waals surface area contributed by atoms with Gasteiger partial charge < -0.3 is 15.3 Å². The molecule has 5 heteroatoms. The quantitative estimate of drug-likeness (QED) is 0.697. The number of hydrogen-bond acceptors (Lipinski definition) is 3. The average molecular weight is 214 g/mol. The third-order valence-corrected chi connectivity index (χ3v) is 2.54. The molecule has 1 saturated heterocycles. The predicted molar refractivity (Wildman–Crippen MR) is 55.5 cm³/mol. The first kappa shape index (κ1) is 12.0. The summed E-state index contributed by atoms with van der Waals surface area (Å²) in [7, 11) is 0. The minimum atomic E-state index is -0.946. The molecule has 1 heterocycles. The number of hydrogen-bond donors (Lipinski definition) is 2. The Kier molecular flexibility index (Phi) is 3.68. The number of rotatable bonds is 3. The van der Waals surface area contributed by atoms with Crippen LogP contribution in [0.15, 0.2) is 0 Å². The van der Waals surface area contributed by atoms with Crippen LogP contribution in [0.5, 0.6) is 0 Å². The van der Waals surface area contributed by atoms with Gasteiger partial charge in [-0.1, -0.05) is 0 Å². The van der Waals surface area contributed by atoms with Gasteiger partial charge in [-0.25, -0.2) is 0 Å². The van der Waals surface area contributed by atoms with Crippen LogP contribution >= 0.6 is 0 Å². The van der Waals surface area contributed by atoms with Crippen molar-refractivity contribution in [2.24, 2.45) is 0 Å². The Balaban J connectivity index is 2.72. The molecule has 2 atom stereocenters. The fraction of sp³-hybridized carbons (Fsp3) is 0.800. The van der Waals surface area contributed by atoms with Gasteiger partial charge in [-0.2, -0.15) is 0 Å². The number of nitrogens with one attached hydrogen (secondary N) is 1. The summed E-state index contributed by atoms with van der Waals surface area (Å²) in [5, 5.41) is 11.7. The molecule has 15 heavy (non-hydrogen) atoms. The molecule has 0 bridgehead atoms. The first-order valence-corrected chi connectivity index (χ1v) is 5.20. The largest absolute Gasteiger partial charge is 0.481 e. The topological polar surface area (TPSA) is 69.6 Å². The Labute approximate surface area is 89.4 Å². The van der Waals surface area contributed by atoms with Gasteiger partial charge in [0.25, 0.3) is 0 Å². The van der Waals surface area contributed by atoms with E-state index in [1.807, 2.05) is 20.8 Å². The van der Waals surface area contributed by atoms with Gasteiger partial charge >= 0.3 is 5.97 Å². The fourth-order valence-electron chi connectivity index (χ4n) is 1.84. The minimum absolute atomic E-state index is 0.106. The van der Waals surface area contributed by atoms with Crippen molar-refractivity contribution in [2.45, 2.75) is 45.3 Å². The second-order valence-electron chi connectivity index (χ2n) is 4.30. The molecule has 2 N–H and O–H groups in total. The minimum Gasteiger partial charge on any atom is -0.481 e. The zero-order valence-electron chi connectivity index (χ0n) is 9.36. The number of carbonyl (C=O) groups is 2. The lowest BCUT2D eigenvalue weighted by Gasteiger charge is -2.39. The Bertz CT molecular complexity index is 265. The summed E-state index contributed by atoms with van der Waals surface area (Å²) >= 11 is 0. The second-order valence-corrected chi connectivity index (χ2v) is 4.30. The number of nitrogens with zero attached hydrogens (tertiary/aromatic N) is 1. The molecule has 0 saturated carbocycles. The maximum absolute atomic E-state index is 11.8. The molecule has 86 valence electrons. The van der Waals surface area contributed by atoms with E-state index in [0.29, 0.717) is 6.54 Å². The summed E-state index contributed by atoms with van der Waals surface area (Å²) in [4.78, 5) is 24.2. The van der Waals surface area contributed by atoms with E-state index in [0.717, 1.165) is 0 Å². The lowest BCUT2D eigenvalue weighted by molar-refractivity contribution is -0.145. The van der Waals surface area contributed by atoms with Gasteiger partial charge in [0.1, 0.15) is 0 Å². The van der Waals surface area contributed by atoms with E-state index in [1.165, 1.54) is 0 Å². The van der Waals surface area contributed by atoms with Crippen molar-refractivity contribution in [2.75, 3.05) is 6.54 Å². The third kappa shape index (κ3) is 2.92. The SMILES string of the molecule is CC1CN(C(C)C)C(=O)C(CC(=O)O)N1. The molecule has 0 aromatic rings. The number of carboxylic acid groups (broad SMARTS) is 1. The van der Waals surface area contributed by atoms with Gasteiger partial charge in [-0.05, 0) is 20.8 Å². The van der Waals surface area contributed by atoms with Crippen LogP contribution in [0.25, 0.3) is 0 Å². The summed E-state index contributed by atoms with van der Waals surface area (Å²) < 4.78 is 0. The highest BCUT2D eigenvalue weighted by molar-refractivity contribution is 5.87. The molecule has 0 aliphatic carbocycles. The van der Waals surface area contributed by atoms with Gasteiger partial charge in [0.2, 0.25) is 5.91 Å². The molecule has 0 aromatic carbocycles. The van der Waals surface area contributed by atoms with Crippen LogP contribution in [0, 0.1) is 0 Å². The van der Waals surface area contributed by atoms with E-state index in [-0.39, 0.29) is 24.4 Å². The van der Waals surface area contributed by atoms with Crippen LogP contribution < -0.4 is 5.32 Å². The van der Waals surface area contributed by atoms with E-state index in [2.05, 4.69) is 5.32 Å². The van der Waals surface area contributed by atoms with Crippen molar-refractivity contribution in [1.82, 2.24) is 10.2 Å². The summed E-state index contributed by atoms with van der Waals surface area (Å²) in [6.07, 6.45) is -0.146. The van der Waals surface area contributed by atoms with Gasteiger partial charge in [-0.15, -0.1) is 0 Å². The summed E-state index contributed by atoms with van der Waals surface area (Å²) in [6, 6.07) is -0.304. The van der Waals surface area contributed by atoms with E-state index in [4.69, 9.17) is 5.11 Å².